The van der Waals surface area contributed by atoms with Crippen LogP contribution >= 0.6 is 0 Å². The first-order valence-electron chi connectivity index (χ1n) is 20.9. The number of furan rings is 1. The van der Waals surface area contributed by atoms with Gasteiger partial charge in [0, 0.05) is 54.8 Å². The number of rotatable bonds is 6. The first-order valence-corrected chi connectivity index (χ1v) is 20.9. The molecular weight excluding hydrogens is 952 g/mol. The summed E-state index contributed by atoms with van der Waals surface area (Å²) in [6.45, 7) is 2.01. The summed E-state index contributed by atoms with van der Waals surface area (Å²) in [7, 11) is 0. The zero-order chi connectivity index (χ0) is 41.4. The molecule has 3 aromatic heterocycles. The Morgan fingerprint density at radius 3 is 1.59 bits per heavy atom. The molecule has 12 rings (SSSR count). The van der Waals surface area contributed by atoms with E-state index in [4.69, 9.17) is 14.4 Å². The van der Waals surface area contributed by atoms with Gasteiger partial charge in [-0.15, -0.1) is 24.3 Å². The molecule has 7 aromatic carbocycles. The van der Waals surface area contributed by atoms with E-state index in [-0.39, 0.29) is 26.8 Å². The standard InChI is InChI=1S/C58H37N2O2.Pt/c1-36-30-42(35-52(59-36)38-16-13-17-39(31-38)53-33-41(37-14-3-2-4-15-37)34-54(60-53)47-21-8-12-25-55(47)61)57-29-28-56(62-57)40-26-27-46-45-20-7-11-24-50(45)58(51(46)32-40)48-22-9-5-18-43(48)44-19-6-10-23-49(44)58;/h2-30,32-35,61H,1H3;/q-1;. The predicted molar refractivity (Wildman–Crippen MR) is 248 cm³/mol. The minimum Gasteiger partial charge on any atom is -0.507 e. The average molecular weight is 989 g/mol. The maximum Gasteiger partial charge on any atom is 0.134 e. The molecule has 1 N–H and O–H groups in total. The molecule has 0 saturated carbocycles. The first kappa shape index (κ1) is 38.5. The van der Waals surface area contributed by atoms with E-state index in [0.717, 1.165) is 62.0 Å². The summed E-state index contributed by atoms with van der Waals surface area (Å²) in [5, 5.41) is 10.8. The van der Waals surface area contributed by atoms with Crippen LogP contribution in [0.5, 0.6) is 5.75 Å². The van der Waals surface area contributed by atoms with Gasteiger partial charge in [0.25, 0.3) is 0 Å². The molecule has 302 valence electrons. The van der Waals surface area contributed by atoms with Crippen LogP contribution in [0.3, 0.4) is 0 Å². The van der Waals surface area contributed by atoms with Gasteiger partial charge in [-0.05, 0) is 105 Å². The van der Waals surface area contributed by atoms with Crippen LogP contribution in [0, 0.1) is 13.0 Å². The quantitative estimate of drug-likeness (QED) is 0.169. The van der Waals surface area contributed by atoms with Crippen molar-refractivity contribution in [2.24, 2.45) is 0 Å². The SMILES string of the molecule is Cc1cc(-c2ccc(-c3ccc4c(c3)C3(c5ccccc5-c5ccccc53)c3ccccc3-4)o2)cc(-c2[c-]c(-c3cc(-c4ccccc4)cc(-c4ccccc4O)n3)ccc2)n1.[Pt]. The number of pyridine rings is 2. The number of hydrogen-bond acceptors (Lipinski definition) is 4. The molecule has 0 fully saturated rings. The predicted octanol–water partition coefficient (Wildman–Crippen LogP) is 14.2. The fraction of sp³-hybridized carbons (Fsp3) is 0.0345. The molecule has 0 amide bonds. The number of phenols is 1. The van der Waals surface area contributed by atoms with Crippen molar-refractivity contribution in [2.75, 3.05) is 0 Å². The Bertz CT molecular complexity index is 3340. The van der Waals surface area contributed by atoms with Crippen LogP contribution in [-0.2, 0) is 26.5 Å². The van der Waals surface area contributed by atoms with Crippen LogP contribution in [0.15, 0.2) is 205 Å². The van der Waals surface area contributed by atoms with Gasteiger partial charge in [-0.25, -0.2) is 0 Å². The minimum atomic E-state index is -0.421. The molecule has 3 heterocycles. The molecule has 0 unspecified atom stereocenters. The van der Waals surface area contributed by atoms with E-state index in [1.54, 1.807) is 6.07 Å². The van der Waals surface area contributed by atoms with Crippen molar-refractivity contribution in [3.63, 3.8) is 0 Å². The number of aromatic hydroxyl groups is 1. The van der Waals surface area contributed by atoms with Gasteiger partial charge in [-0.1, -0.05) is 151 Å². The summed E-state index contributed by atoms with van der Waals surface area (Å²) in [6, 6.07) is 73.1. The Balaban J connectivity index is 0.00000444. The monoisotopic (exact) mass is 988 g/mol. The summed E-state index contributed by atoms with van der Waals surface area (Å²) in [4.78, 5) is 10.0. The Kier molecular flexibility index (Phi) is 9.30. The van der Waals surface area contributed by atoms with Crippen LogP contribution in [0.1, 0.15) is 27.9 Å². The van der Waals surface area contributed by atoms with E-state index in [1.807, 2.05) is 67.6 Å². The second-order valence-corrected chi connectivity index (χ2v) is 16.2. The van der Waals surface area contributed by atoms with Crippen molar-refractivity contribution < 1.29 is 30.6 Å². The zero-order valence-corrected chi connectivity index (χ0v) is 36.4. The number of nitrogens with zero attached hydrogens (tertiary/aromatic N) is 2. The van der Waals surface area contributed by atoms with Crippen molar-refractivity contribution in [2.45, 2.75) is 12.3 Å². The summed E-state index contributed by atoms with van der Waals surface area (Å²) < 4.78 is 6.77. The molecule has 0 saturated heterocycles. The summed E-state index contributed by atoms with van der Waals surface area (Å²) in [5.41, 5.74) is 19.4. The molecule has 2 aliphatic rings. The van der Waals surface area contributed by atoms with Crippen LogP contribution in [0.2, 0.25) is 0 Å². The number of benzene rings is 7. The van der Waals surface area contributed by atoms with Gasteiger partial charge in [0.2, 0.25) is 0 Å². The van der Waals surface area contributed by atoms with Gasteiger partial charge in [-0.3, -0.25) is 9.97 Å². The number of fused-ring (bicyclic) bond motifs is 10. The molecule has 0 atom stereocenters. The van der Waals surface area contributed by atoms with Crippen LogP contribution < -0.4 is 0 Å². The van der Waals surface area contributed by atoms with Crippen LogP contribution in [0.4, 0.5) is 0 Å². The molecule has 5 heteroatoms. The third kappa shape index (κ3) is 6.16. The molecule has 0 bridgehead atoms. The Morgan fingerprint density at radius 2 is 0.937 bits per heavy atom. The third-order valence-corrected chi connectivity index (χ3v) is 12.6. The van der Waals surface area contributed by atoms with E-state index >= 15 is 0 Å². The summed E-state index contributed by atoms with van der Waals surface area (Å²) in [5.74, 6) is 1.76. The second kappa shape index (κ2) is 15.2. The molecular formula is C58H37N2O2Pt-. The van der Waals surface area contributed by atoms with Crippen LogP contribution in [-0.4, -0.2) is 15.1 Å². The van der Waals surface area contributed by atoms with Gasteiger partial charge in [0.1, 0.15) is 17.3 Å². The fourth-order valence-corrected chi connectivity index (χ4v) is 9.91. The molecule has 63 heavy (non-hydrogen) atoms. The van der Waals surface area contributed by atoms with E-state index < -0.39 is 5.41 Å². The van der Waals surface area contributed by atoms with Crippen molar-refractivity contribution in [1.82, 2.24) is 9.97 Å². The topological polar surface area (TPSA) is 59.2 Å². The second-order valence-electron chi connectivity index (χ2n) is 16.2. The Labute approximate surface area is 380 Å². The van der Waals surface area contributed by atoms with E-state index in [9.17, 15) is 5.11 Å². The average Bonchev–Trinajstić information content (AvgIpc) is 4.02. The number of phenolic OH excluding ortho intramolecular Hbond substituents is 1. The minimum absolute atomic E-state index is 0. The van der Waals surface area contributed by atoms with Gasteiger partial charge < -0.3 is 9.52 Å². The summed E-state index contributed by atoms with van der Waals surface area (Å²) >= 11 is 0. The van der Waals surface area contributed by atoms with Gasteiger partial charge in [-0.2, -0.15) is 0 Å². The van der Waals surface area contributed by atoms with Gasteiger partial charge in [0.05, 0.1) is 11.1 Å². The number of para-hydroxylation sites is 1. The Morgan fingerprint density at radius 1 is 0.413 bits per heavy atom. The van der Waals surface area contributed by atoms with Gasteiger partial charge >= 0.3 is 0 Å². The normalized spacial score (nSPS) is 12.6. The molecule has 4 nitrogen and oxygen atoms in total. The van der Waals surface area contributed by atoms with E-state index in [2.05, 4.69) is 140 Å². The van der Waals surface area contributed by atoms with Crippen LogP contribution in [0.25, 0.3) is 89.8 Å². The Hall–Kier alpha value is -7.39. The van der Waals surface area contributed by atoms with E-state index in [0.29, 0.717) is 11.3 Å². The van der Waals surface area contributed by atoms with Crippen molar-refractivity contribution in [3.05, 3.63) is 234 Å². The third-order valence-electron chi connectivity index (χ3n) is 12.6. The maximum atomic E-state index is 10.8. The molecule has 0 radical (unpaired) electrons. The van der Waals surface area contributed by atoms with Crippen molar-refractivity contribution in [1.29, 1.82) is 0 Å². The number of aromatic nitrogens is 2. The smallest absolute Gasteiger partial charge is 0.134 e. The van der Waals surface area contributed by atoms with Crippen molar-refractivity contribution >= 4 is 0 Å². The molecule has 10 aromatic rings. The largest absolute Gasteiger partial charge is 0.507 e. The molecule has 0 aliphatic heterocycles. The summed E-state index contributed by atoms with van der Waals surface area (Å²) in [6.07, 6.45) is 0. The first-order chi connectivity index (χ1) is 30.5. The van der Waals surface area contributed by atoms with E-state index in [1.165, 1.54) is 44.5 Å². The zero-order valence-electron chi connectivity index (χ0n) is 34.1. The maximum absolute atomic E-state index is 10.8. The van der Waals surface area contributed by atoms with Gasteiger partial charge in [0.15, 0.2) is 0 Å². The van der Waals surface area contributed by atoms with Crippen molar-refractivity contribution in [3.8, 4) is 95.5 Å². The number of hydrogen-bond donors (Lipinski definition) is 1. The molecule has 2 aliphatic carbocycles. The molecule has 1 spiro atoms. The fourth-order valence-electron chi connectivity index (χ4n) is 9.91. The number of aryl methyl sites for hydroxylation is 1.